The Labute approximate surface area is 387 Å². The summed E-state index contributed by atoms with van der Waals surface area (Å²) in [6.45, 7) is 10.1. The van der Waals surface area contributed by atoms with Gasteiger partial charge in [0.2, 0.25) is 0 Å². The molecule has 0 aliphatic carbocycles. The summed E-state index contributed by atoms with van der Waals surface area (Å²) in [4.78, 5) is 43.9. The van der Waals surface area contributed by atoms with Gasteiger partial charge < -0.3 is 29.4 Å². The van der Waals surface area contributed by atoms with Crippen LogP contribution in [0, 0.1) is 10.1 Å². The summed E-state index contributed by atoms with van der Waals surface area (Å²) in [6.07, 6.45) is -1.00. The molecule has 5 aromatic rings. The van der Waals surface area contributed by atoms with E-state index in [2.05, 4.69) is 65.4 Å². The summed E-state index contributed by atoms with van der Waals surface area (Å²) in [6, 6.07) is 44.0. The highest BCUT2D eigenvalue weighted by Crippen LogP contribution is 2.47. The number of nitro benzene ring substituents is 1. The average Bonchev–Trinajstić information content (AvgIpc) is 3.31. The molecule has 13 heteroatoms. The number of benzene rings is 5. The summed E-state index contributed by atoms with van der Waals surface area (Å²) in [7, 11) is 3.52. The second-order valence-corrected chi connectivity index (χ2v) is 16.8. The smallest absolute Gasteiger partial charge is 0.336 e. The number of non-ortho nitro benzene ring substituents is 1. The van der Waals surface area contributed by atoms with E-state index in [1.807, 2.05) is 79.8 Å². The molecule has 0 amide bonds. The van der Waals surface area contributed by atoms with Crippen molar-refractivity contribution < 1.29 is 38.6 Å². The maximum absolute atomic E-state index is 14.2. The molecule has 1 aliphatic rings. The normalized spacial score (nSPS) is 14.7. The van der Waals surface area contributed by atoms with Gasteiger partial charge in [0.25, 0.3) is 5.69 Å². The van der Waals surface area contributed by atoms with Crippen molar-refractivity contribution in [2.45, 2.75) is 57.7 Å². The third-order valence-corrected chi connectivity index (χ3v) is 11.7. The molecule has 6 rings (SSSR count). The minimum Gasteiger partial charge on any atom is -0.493 e. The quantitative estimate of drug-likeness (QED) is 0.0315. The number of carbonyl (C=O) groups is 2. The summed E-state index contributed by atoms with van der Waals surface area (Å²) in [5, 5.41) is 27.6. The van der Waals surface area contributed by atoms with Gasteiger partial charge in [-0.1, -0.05) is 115 Å². The zero-order valence-corrected chi connectivity index (χ0v) is 38.7. The topological polar surface area (TPSA) is 153 Å². The van der Waals surface area contributed by atoms with Gasteiger partial charge in [0.15, 0.2) is 11.5 Å². The molecule has 0 saturated carbocycles. The van der Waals surface area contributed by atoms with Crippen molar-refractivity contribution in [1.29, 1.82) is 0 Å². The van der Waals surface area contributed by atoms with Gasteiger partial charge in [-0.25, -0.2) is 9.59 Å². The van der Waals surface area contributed by atoms with E-state index in [1.165, 1.54) is 18.2 Å². The predicted molar refractivity (Wildman–Crippen MR) is 254 cm³/mol. The van der Waals surface area contributed by atoms with Crippen LogP contribution in [0.5, 0.6) is 11.5 Å². The molecule has 2 unspecified atom stereocenters. The molecule has 0 bridgehead atoms. The number of likely N-dealkylation sites (N-methyl/N-ethyl adjacent to an activating group) is 1. The Hall–Kier alpha value is -6.80. The fourth-order valence-electron chi connectivity index (χ4n) is 9.20. The van der Waals surface area contributed by atoms with Crippen LogP contribution in [0.3, 0.4) is 0 Å². The lowest BCUT2D eigenvalue weighted by molar-refractivity contribution is -0.384. The number of carbonyl (C=O) groups excluding carboxylic acids is 2. The van der Waals surface area contributed by atoms with Crippen LogP contribution in [0.15, 0.2) is 162 Å². The SMILES string of the molecule is CCOC(=O)C1=C(C)NC(CN(C)CC(C)(C)N(CC(O)COc2ccccc2OC)C(c2ccccc2)(c2ccccc2)c2ccccc2)=C(C(=O)OCC)C1c1cccc([N+](=O)[O-])c1. The molecule has 346 valence electrons. The standard InChI is InChI=1S/C53H60N4O9/c1-8-64-50(59)47-37(3)54-44(49(51(60)65-9-2)48(47)38-22-21-29-42(32-38)57(61)62)34-55(6)36-52(4,5)56(33-43(58)35-66-46-31-20-19-30-45(46)63-7)53(39-23-13-10-14-24-39,40-25-15-11-16-26-40)41-27-17-12-18-28-41/h10-32,43,48,54,58H,8-9,33-36H2,1-7H3. The van der Waals surface area contributed by atoms with Crippen molar-refractivity contribution >= 4 is 17.6 Å². The molecule has 0 radical (unpaired) electrons. The number of hydrogen-bond acceptors (Lipinski definition) is 12. The van der Waals surface area contributed by atoms with Gasteiger partial charge in [-0.3, -0.25) is 19.9 Å². The zero-order chi connectivity index (χ0) is 47.4. The molecule has 13 nitrogen and oxygen atoms in total. The number of nitrogens with zero attached hydrogens (tertiary/aromatic N) is 3. The van der Waals surface area contributed by atoms with Gasteiger partial charge in [0, 0.05) is 48.7 Å². The molecule has 2 atom stereocenters. The van der Waals surface area contributed by atoms with Crippen molar-refractivity contribution in [3.8, 4) is 11.5 Å². The largest absolute Gasteiger partial charge is 0.493 e. The van der Waals surface area contributed by atoms with Crippen LogP contribution in [0.1, 0.15) is 62.8 Å². The highest BCUT2D eigenvalue weighted by atomic mass is 16.6. The van der Waals surface area contributed by atoms with Gasteiger partial charge in [-0.15, -0.1) is 0 Å². The summed E-state index contributed by atoms with van der Waals surface area (Å²) < 4.78 is 23.0. The van der Waals surface area contributed by atoms with Crippen LogP contribution in [0.2, 0.25) is 0 Å². The number of allylic oxidation sites excluding steroid dienone is 1. The molecular formula is C53H60N4O9. The minimum absolute atomic E-state index is 0.0373. The number of rotatable bonds is 21. The van der Waals surface area contributed by atoms with Crippen molar-refractivity contribution in [2.24, 2.45) is 0 Å². The van der Waals surface area contributed by atoms with Gasteiger partial charge in [-0.2, -0.15) is 0 Å². The lowest BCUT2D eigenvalue weighted by Crippen LogP contribution is -2.63. The van der Waals surface area contributed by atoms with E-state index in [-0.39, 0.29) is 49.7 Å². The third kappa shape index (κ3) is 10.7. The van der Waals surface area contributed by atoms with Gasteiger partial charge >= 0.3 is 11.9 Å². The molecule has 2 N–H and O–H groups in total. The average molecular weight is 897 g/mol. The molecule has 0 aromatic heterocycles. The Kier molecular flexibility index (Phi) is 16.2. The molecule has 0 saturated heterocycles. The third-order valence-electron chi connectivity index (χ3n) is 11.7. The first-order valence-corrected chi connectivity index (χ1v) is 22.1. The van der Waals surface area contributed by atoms with Crippen LogP contribution in [-0.4, -0.2) is 97.0 Å². The number of methoxy groups -OCH3 is 1. The number of ether oxygens (including phenoxy) is 4. The second kappa shape index (κ2) is 21.9. The first-order chi connectivity index (χ1) is 31.8. The summed E-state index contributed by atoms with van der Waals surface area (Å²) >= 11 is 0. The lowest BCUT2D eigenvalue weighted by atomic mass is 9.73. The maximum Gasteiger partial charge on any atom is 0.336 e. The highest BCUT2D eigenvalue weighted by molar-refractivity contribution is 6.00. The number of nitro groups is 1. The Morgan fingerprint density at radius 2 is 1.29 bits per heavy atom. The van der Waals surface area contributed by atoms with E-state index in [4.69, 9.17) is 18.9 Å². The molecule has 5 aromatic carbocycles. The number of nitrogens with one attached hydrogen (secondary N) is 1. The van der Waals surface area contributed by atoms with Crippen molar-refractivity contribution in [1.82, 2.24) is 15.1 Å². The zero-order valence-electron chi connectivity index (χ0n) is 38.7. The molecule has 0 fully saturated rings. The molecule has 0 spiro atoms. The first-order valence-electron chi connectivity index (χ1n) is 22.1. The van der Waals surface area contributed by atoms with Crippen molar-refractivity contribution in [2.75, 3.05) is 53.6 Å². The molecular weight excluding hydrogens is 837 g/mol. The maximum atomic E-state index is 14.2. The van der Waals surface area contributed by atoms with Gasteiger partial charge in [-0.05, 0) is 76.1 Å². The van der Waals surface area contributed by atoms with E-state index >= 15 is 0 Å². The van der Waals surface area contributed by atoms with Gasteiger partial charge in [0.05, 0.1) is 47.8 Å². The van der Waals surface area contributed by atoms with Gasteiger partial charge in [0.1, 0.15) is 12.7 Å². The Balaban J connectivity index is 1.49. The van der Waals surface area contributed by atoms with Crippen LogP contribution >= 0.6 is 0 Å². The number of β-amino-alcohol motifs (C(OH)–C–C–N with tert-alkyl or cyclic N) is 1. The van der Waals surface area contributed by atoms with Crippen LogP contribution in [-0.2, 0) is 24.6 Å². The number of aliphatic hydroxyl groups excluding tert-OH is 1. The molecule has 1 aliphatic heterocycles. The van der Waals surface area contributed by atoms with E-state index in [0.717, 1.165) is 16.7 Å². The Morgan fingerprint density at radius 1 is 0.773 bits per heavy atom. The minimum atomic E-state index is -1.04. The lowest BCUT2D eigenvalue weighted by Gasteiger charge is -2.54. The van der Waals surface area contributed by atoms with Crippen LogP contribution < -0.4 is 14.8 Å². The highest BCUT2D eigenvalue weighted by Gasteiger charge is 2.49. The van der Waals surface area contributed by atoms with E-state index < -0.39 is 40.0 Å². The Bertz CT molecular complexity index is 2410. The monoisotopic (exact) mass is 896 g/mol. The first kappa shape index (κ1) is 48.7. The predicted octanol–water partition coefficient (Wildman–Crippen LogP) is 8.39. The Morgan fingerprint density at radius 3 is 1.80 bits per heavy atom. The number of dihydropyridines is 1. The fourth-order valence-corrected chi connectivity index (χ4v) is 9.20. The summed E-state index contributed by atoms with van der Waals surface area (Å²) in [5.41, 5.74) is 2.54. The number of esters is 2. The van der Waals surface area contributed by atoms with Crippen molar-refractivity contribution in [3.05, 3.63) is 194 Å². The summed E-state index contributed by atoms with van der Waals surface area (Å²) in [5.74, 6) is -1.31. The molecule has 66 heavy (non-hydrogen) atoms. The van der Waals surface area contributed by atoms with Crippen molar-refractivity contribution in [3.63, 3.8) is 0 Å². The van der Waals surface area contributed by atoms with E-state index in [1.54, 1.807) is 40.0 Å². The number of para-hydroxylation sites is 2. The van der Waals surface area contributed by atoms with E-state index in [0.29, 0.717) is 35.0 Å². The second-order valence-electron chi connectivity index (χ2n) is 16.8. The van der Waals surface area contributed by atoms with Crippen LogP contribution in [0.4, 0.5) is 5.69 Å². The number of hydrogen-bond donors (Lipinski definition) is 2. The number of aliphatic hydroxyl groups is 1. The van der Waals surface area contributed by atoms with E-state index in [9.17, 15) is 24.8 Å². The molecule has 1 heterocycles. The fraction of sp³-hybridized carbons (Fsp3) is 0.321. The van der Waals surface area contributed by atoms with Crippen LogP contribution in [0.25, 0.3) is 0 Å².